The Labute approximate surface area is 142 Å². The van der Waals surface area contributed by atoms with Crippen LogP contribution in [-0.4, -0.2) is 23.0 Å². The number of cyclic esters (lactones) is 3. The molecule has 1 unspecified atom stereocenters. The summed E-state index contributed by atoms with van der Waals surface area (Å²) >= 11 is 0. The highest BCUT2D eigenvalue weighted by Crippen LogP contribution is 2.36. The molecule has 4 rings (SSSR count). The first kappa shape index (κ1) is 15.3. The summed E-state index contributed by atoms with van der Waals surface area (Å²) in [6.45, 7) is 5.20. The third-order valence-corrected chi connectivity index (χ3v) is 4.52. The Balaban J connectivity index is 1.81. The topological polar surface area (TPSA) is 89.9 Å². The number of hydrogen-bond acceptors (Lipinski definition) is 6. The molecule has 0 aliphatic carbocycles. The van der Waals surface area contributed by atoms with E-state index in [2.05, 4.69) is 11.3 Å². The van der Waals surface area contributed by atoms with Gasteiger partial charge in [0.1, 0.15) is 11.4 Å². The summed E-state index contributed by atoms with van der Waals surface area (Å²) in [7, 11) is 0. The quantitative estimate of drug-likeness (QED) is 0.669. The van der Waals surface area contributed by atoms with Gasteiger partial charge in [0, 0.05) is 5.56 Å². The van der Waals surface area contributed by atoms with Gasteiger partial charge in [-0.2, -0.15) is 0 Å². The van der Waals surface area contributed by atoms with Gasteiger partial charge in [-0.05, 0) is 42.3 Å². The van der Waals surface area contributed by atoms with Crippen LogP contribution in [0.3, 0.4) is 0 Å². The molecule has 2 aliphatic rings. The minimum absolute atomic E-state index is 0.108. The summed E-state index contributed by atoms with van der Waals surface area (Å²) in [6, 6.07) is 9.25. The van der Waals surface area contributed by atoms with Crippen molar-refractivity contribution in [3.63, 3.8) is 0 Å². The SMILES string of the molecule is C=C1OC(=O)c2cc(C(C)(O)c3ccc4c(c3)C(=O)OC4=O)ccc21. The number of rotatable bonds is 2. The lowest BCUT2D eigenvalue weighted by atomic mass is 9.85. The number of ether oxygens (including phenoxy) is 2. The zero-order chi connectivity index (χ0) is 17.9. The lowest BCUT2D eigenvalue weighted by molar-refractivity contribution is 0.0443. The predicted molar refractivity (Wildman–Crippen MR) is 85.8 cm³/mol. The molecule has 1 N–H and O–H groups in total. The number of hydrogen-bond donors (Lipinski definition) is 1. The molecule has 2 aromatic rings. The molecule has 0 saturated carbocycles. The summed E-state index contributed by atoms with van der Waals surface area (Å²) in [5.41, 5.74) is 0.500. The van der Waals surface area contributed by atoms with Crippen LogP contribution in [0.1, 0.15) is 54.7 Å². The Morgan fingerprint density at radius 3 is 1.92 bits per heavy atom. The second kappa shape index (κ2) is 4.87. The molecule has 25 heavy (non-hydrogen) atoms. The molecule has 0 bridgehead atoms. The van der Waals surface area contributed by atoms with E-state index in [1.807, 2.05) is 0 Å². The normalized spacial score (nSPS) is 17.7. The van der Waals surface area contributed by atoms with Crippen molar-refractivity contribution in [3.8, 4) is 0 Å². The van der Waals surface area contributed by atoms with Gasteiger partial charge in [-0.1, -0.05) is 18.7 Å². The Morgan fingerprint density at radius 2 is 1.28 bits per heavy atom. The Morgan fingerprint density at radius 1 is 0.800 bits per heavy atom. The highest BCUT2D eigenvalue weighted by Gasteiger charge is 2.35. The van der Waals surface area contributed by atoms with Gasteiger partial charge in [-0.25, -0.2) is 14.4 Å². The van der Waals surface area contributed by atoms with E-state index in [1.165, 1.54) is 25.1 Å². The molecule has 0 fully saturated rings. The van der Waals surface area contributed by atoms with Gasteiger partial charge in [0.05, 0.1) is 16.7 Å². The number of aliphatic hydroxyl groups is 1. The maximum Gasteiger partial charge on any atom is 0.346 e. The molecular formula is C19H12O6. The Hall–Kier alpha value is -3.25. The van der Waals surface area contributed by atoms with E-state index < -0.39 is 23.5 Å². The van der Waals surface area contributed by atoms with Crippen molar-refractivity contribution in [3.05, 3.63) is 76.4 Å². The fourth-order valence-corrected chi connectivity index (χ4v) is 3.04. The van der Waals surface area contributed by atoms with Crippen LogP contribution >= 0.6 is 0 Å². The largest absolute Gasteiger partial charge is 0.423 e. The minimum Gasteiger partial charge on any atom is -0.423 e. The van der Waals surface area contributed by atoms with E-state index in [9.17, 15) is 19.5 Å². The number of carbonyl (C=O) groups is 3. The van der Waals surface area contributed by atoms with Gasteiger partial charge >= 0.3 is 17.9 Å². The molecular weight excluding hydrogens is 324 g/mol. The van der Waals surface area contributed by atoms with E-state index in [-0.39, 0.29) is 16.9 Å². The third kappa shape index (κ3) is 2.11. The first-order valence-corrected chi connectivity index (χ1v) is 7.48. The molecule has 6 heteroatoms. The zero-order valence-electron chi connectivity index (χ0n) is 13.2. The van der Waals surface area contributed by atoms with Gasteiger partial charge in [0.15, 0.2) is 0 Å². The number of fused-ring (bicyclic) bond motifs is 2. The van der Waals surface area contributed by atoms with Crippen molar-refractivity contribution in [1.82, 2.24) is 0 Å². The molecule has 1 atom stereocenters. The first-order valence-electron chi connectivity index (χ1n) is 7.48. The van der Waals surface area contributed by atoms with Gasteiger partial charge in [0.25, 0.3) is 0 Å². The summed E-state index contributed by atoms with van der Waals surface area (Å²) in [5, 5.41) is 11.0. The molecule has 0 radical (unpaired) electrons. The van der Waals surface area contributed by atoms with Crippen LogP contribution in [0.4, 0.5) is 0 Å². The Kier molecular flexibility index (Phi) is 2.98. The maximum absolute atomic E-state index is 11.9. The van der Waals surface area contributed by atoms with E-state index in [0.717, 1.165) is 0 Å². The van der Waals surface area contributed by atoms with Crippen molar-refractivity contribution in [2.45, 2.75) is 12.5 Å². The minimum atomic E-state index is -1.50. The molecule has 0 aromatic heterocycles. The van der Waals surface area contributed by atoms with Crippen molar-refractivity contribution in [2.24, 2.45) is 0 Å². The van der Waals surface area contributed by atoms with Crippen molar-refractivity contribution in [2.75, 3.05) is 0 Å². The van der Waals surface area contributed by atoms with Crippen LogP contribution in [0.15, 0.2) is 43.0 Å². The Bertz CT molecular complexity index is 919. The van der Waals surface area contributed by atoms with Gasteiger partial charge in [-0.3, -0.25) is 0 Å². The molecule has 0 spiro atoms. The van der Waals surface area contributed by atoms with Crippen molar-refractivity contribution in [1.29, 1.82) is 0 Å². The monoisotopic (exact) mass is 336 g/mol. The van der Waals surface area contributed by atoms with E-state index >= 15 is 0 Å². The zero-order valence-corrected chi connectivity index (χ0v) is 13.2. The standard InChI is InChI=1S/C19H12O6/c1-9-12-5-3-10(7-14(12)17(21)24-9)19(2,23)11-4-6-13-15(8-11)18(22)25-16(13)20/h3-8,23H,1H2,2H3. The molecule has 2 aromatic carbocycles. The second-order valence-electron chi connectivity index (χ2n) is 6.08. The average molecular weight is 336 g/mol. The second-order valence-corrected chi connectivity index (χ2v) is 6.08. The summed E-state index contributed by atoms with van der Waals surface area (Å²) < 4.78 is 9.54. The third-order valence-electron chi connectivity index (χ3n) is 4.52. The summed E-state index contributed by atoms with van der Waals surface area (Å²) in [4.78, 5) is 35.1. The molecule has 0 saturated heterocycles. The fraction of sp³-hybridized carbons (Fsp3) is 0.105. The molecule has 2 aliphatic heterocycles. The molecule has 6 nitrogen and oxygen atoms in total. The highest BCUT2D eigenvalue weighted by atomic mass is 16.6. The lowest BCUT2D eigenvalue weighted by Gasteiger charge is -2.25. The first-order chi connectivity index (χ1) is 11.8. The predicted octanol–water partition coefficient (Wildman–Crippen LogP) is 2.39. The summed E-state index contributed by atoms with van der Waals surface area (Å²) in [5.74, 6) is -1.71. The average Bonchev–Trinajstić information content (AvgIpc) is 3.03. The van der Waals surface area contributed by atoms with Gasteiger partial charge in [0.2, 0.25) is 0 Å². The van der Waals surface area contributed by atoms with E-state index in [0.29, 0.717) is 22.3 Å². The smallest absolute Gasteiger partial charge is 0.346 e. The van der Waals surface area contributed by atoms with Gasteiger partial charge in [-0.15, -0.1) is 0 Å². The van der Waals surface area contributed by atoms with E-state index in [1.54, 1.807) is 18.2 Å². The number of esters is 3. The molecule has 2 heterocycles. The number of benzene rings is 2. The lowest BCUT2D eigenvalue weighted by Crippen LogP contribution is -2.23. The van der Waals surface area contributed by atoms with Crippen LogP contribution in [-0.2, 0) is 15.1 Å². The van der Waals surface area contributed by atoms with Crippen LogP contribution in [0, 0.1) is 0 Å². The van der Waals surface area contributed by atoms with Crippen LogP contribution in [0.2, 0.25) is 0 Å². The van der Waals surface area contributed by atoms with E-state index in [4.69, 9.17) is 4.74 Å². The van der Waals surface area contributed by atoms with Crippen LogP contribution in [0.25, 0.3) is 5.76 Å². The summed E-state index contributed by atoms with van der Waals surface area (Å²) in [6.07, 6.45) is 0. The number of carbonyl (C=O) groups excluding carboxylic acids is 3. The molecule has 0 amide bonds. The van der Waals surface area contributed by atoms with Crippen LogP contribution in [0.5, 0.6) is 0 Å². The molecule has 124 valence electrons. The van der Waals surface area contributed by atoms with Crippen molar-refractivity contribution >= 4 is 23.7 Å². The van der Waals surface area contributed by atoms with Gasteiger partial charge < -0.3 is 14.6 Å². The maximum atomic E-state index is 11.9. The highest BCUT2D eigenvalue weighted by molar-refractivity contribution is 6.14. The van der Waals surface area contributed by atoms with Crippen molar-refractivity contribution < 1.29 is 29.0 Å². The van der Waals surface area contributed by atoms with Crippen LogP contribution < -0.4 is 0 Å². The fourth-order valence-electron chi connectivity index (χ4n) is 3.04.